The van der Waals surface area contributed by atoms with Crippen LogP contribution in [0.25, 0.3) is 10.2 Å². The summed E-state index contributed by atoms with van der Waals surface area (Å²) in [6.07, 6.45) is 1.24. The summed E-state index contributed by atoms with van der Waals surface area (Å²) in [4.78, 5) is 32.8. The van der Waals surface area contributed by atoms with Crippen LogP contribution in [-0.4, -0.2) is 15.5 Å². The third-order valence-electron chi connectivity index (χ3n) is 5.57. The molecule has 6 heteroatoms. The Balaban J connectivity index is 2.09. The lowest BCUT2D eigenvalue weighted by Crippen LogP contribution is -2.37. The number of thiophene rings is 1. The molecule has 2 N–H and O–H groups in total. The summed E-state index contributed by atoms with van der Waals surface area (Å²) in [5, 5.41) is 0.546. The maximum absolute atomic E-state index is 13.7. The Labute approximate surface area is 185 Å². The van der Waals surface area contributed by atoms with Gasteiger partial charge in [-0.05, 0) is 30.0 Å². The average Bonchev–Trinajstić information content (AvgIpc) is 3.21. The lowest BCUT2D eigenvalue weighted by molar-refractivity contribution is -0.121. The zero-order chi connectivity index (χ0) is 22.0. The Morgan fingerprint density at radius 2 is 1.61 bits per heavy atom. The van der Waals surface area contributed by atoms with Gasteiger partial charge in [0.2, 0.25) is 5.91 Å². The number of nitrogens with two attached hydrogens (primary N) is 1. The van der Waals surface area contributed by atoms with E-state index in [1.165, 1.54) is 15.9 Å². The van der Waals surface area contributed by atoms with Gasteiger partial charge >= 0.3 is 0 Å². The normalized spacial score (nSPS) is 12.4. The number of aromatic nitrogens is 2. The minimum Gasteiger partial charge on any atom is -0.368 e. The average molecular weight is 432 g/mol. The summed E-state index contributed by atoms with van der Waals surface area (Å²) in [5.74, 6) is -0.289. The van der Waals surface area contributed by atoms with Crippen molar-refractivity contribution >= 4 is 27.5 Å². The molecule has 0 aliphatic carbocycles. The van der Waals surface area contributed by atoms with Crippen molar-refractivity contribution in [1.82, 2.24) is 9.55 Å². The van der Waals surface area contributed by atoms with Gasteiger partial charge in [-0.25, -0.2) is 4.98 Å². The van der Waals surface area contributed by atoms with Crippen molar-refractivity contribution in [3.8, 4) is 0 Å². The second kappa shape index (κ2) is 8.86. The van der Waals surface area contributed by atoms with Gasteiger partial charge < -0.3 is 5.73 Å². The summed E-state index contributed by atoms with van der Waals surface area (Å²) in [6.45, 7) is 3.92. The van der Waals surface area contributed by atoms with Crippen molar-refractivity contribution in [2.45, 2.75) is 38.6 Å². The van der Waals surface area contributed by atoms with Gasteiger partial charge in [-0.2, -0.15) is 0 Å². The van der Waals surface area contributed by atoms with Crippen LogP contribution in [0.3, 0.4) is 0 Å². The van der Waals surface area contributed by atoms with Gasteiger partial charge in [0.1, 0.15) is 16.7 Å². The van der Waals surface area contributed by atoms with Crippen LogP contribution >= 0.6 is 11.3 Å². The monoisotopic (exact) mass is 431 g/mol. The second-order valence-electron chi connectivity index (χ2n) is 7.51. The topological polar surface area (TPSA) is 78.0 Å². The van der Waals surface area contributed by atoms with Crippen LogP contribution in [0.2, 0.25) is 0 Å². The van der Waals surface area contributed by atoms with Crippen LogP contribution in [0.4, 0.5) is 0 Å². The van der Waals surface area contributed by atoms with Crippen LogP contribution in [0, 0.1) is 0 Å². The predicted molar refractivity (Wildman–Crippen MR) is 126 cm³/mol. The molecule has 1 unspecified atom stereocenters. The van der Waals surface area contributed by atoms with E-state index < -0.39 is 11.9 Å². The molecule has 2 heterocycles. The molecule has 4 rings (SSSR count). The zero-order valence-corrected chi connectivity index (χ0v) is 18.4. The number of primary amides is 1. The number of rotatable bonds is 7. The maximum atomic E-state index is 13.7. The lowest BCUT2D eigenvalue weighted by atomic mass is 9.90. The van der Waals surface area contributed by atoms with E-state index in [2.05, 4.69) is 6.92 Å². The van der Waals surface area contributed by atoms with Gasteiger partial charge in [0, 0.05) is 4.88 Å². The Morgan fingerprint density at radius 3 is 2.10 bits per heavy atom. The van der Waals surface area contributed by atoms with E-state index in [9.17, 15) is 9.59 Å². The predicted octanol–water partition coefficient (Wildman–Crippen LogP) is 4.64. The largest absolute Gasteiger partial charge is 0.368 e. The first-order chi connectivity index (χ1) is 15.0. The molecule has 31 heavy (non-hydrogen) atoms. The number of hydrogen-bond acceptors (Lipinski definition) is 4. The summed E-state index contributed by atoms with van der Waals surface area (Å²) < 4.78 is 1.53. The number of aryl methyl sites for hydroxylation is 1. The summed E-state index contributed by atoms with van der Waals surface area (Å²) in [5.41, 5.74) is 7.54. The van der Waals surface area contributed by atoms with Gasteiger partial charge in [0.15, 0.2) is 0 Å². The van der Waals surface area contributed by atoms with E-state index in [4.69, 9.17) is 10.7 Å². The fourth-order valence-electron chi connectivity index (χ4n) is 4.03. The van der Waals surface area contributed by atoms with E-state index >= 15 is 0 Å². The van der Waals surface area contributed by atoms with Crippen molar-refractivity contribution in [2.24, 2.45) is 5.73 Å². The second-order valence-corrected chi connectivity index (χ2v) is 8.63. The van der Waals surface area contributed by atoms with Crippen LogP contribution in [-0.2, 0) is 11.2 Å². The summed E-state index contributed by atoms with van der Waals surface area (Å²) >= 11 is 1.53. The molecule has 4 aromatic rings. The van der Waals surface area contributed by atoms with E-state index in [1.807, 2.05) is 73.7 Å². The SMILES string of the molecule is CCc1cc2c(=O)n(C(CC)C(N)=O)c(C(c3ccccc3)c3ccccc3)nc2s1. The van der Waals surface area contributed by atoms with E-state index in [0.717, 1.165) is 22.4 Å². The van der Waals surface area contributed by atoms with Gasteiger partial charge in [-0.3, -0.25) is 14.2 Å². The van der Waals surface area contributed by atoms with E-state index in [0.29, 0.717) is 22.5 Å². The van der Waals surface area contributed by atoms with E-state index in [-0.39, 0.29) is 11.5 Å². The molecular formula is C25H25N3O2S. The Kier molecular flexibility index (Phi) is 6.00. The first kappa shape index (κ1) is 21.0. The molecule has 5 nitrogen and oxygen atoms in total. The zero-order valence-electron chi connectivity index (χ0n) is 17.6. The summed E-state index contributed by atoms with van der Waals surface area (Å²) in [6, 6.07) is 21.0. The number of amides is 1. The highest BCUT2D eigenvalue weighted by molar-refractivity contribution is 7.18. The third-order valence-corrected chi connectivity index (χ3v) is 6.75. The first-order valence-electron chi connectivity index (χ1n) is 10.5. The standard InChI is InChI=1S/C25H25N3O2S/c1-3-18-15-19-24(31-18)27-23(28(25(19)30)20(4-2)22(26)29)21(16-11-7-5-8-12-16)17-13-9-6-10-14-17/h5-15,20-21H,3-4H2,1-2H3,(H2,26,29). The maximum Gasteiger partial charge on any atom is 0.263 e. The molecule has 158 valence electrons. The Bertz CT molecular complexity index is 1220. The molecule has 0 radical (unpaired) electrons. The summed E-state index contributed by atoms with van der Waals surface area (Å²) in [7, 11) is 0. The molecular weight excluding hydrogens is 406 g/mol. The molecule has 1 atom stereocenters. The number of carbonyl (C=O) groups is 1. The number of fused-ring (bicyclic) bond motifs is 1. The number of benzene rings is 2. The van der Waals surface area contributed by atoms with Gasteiger partial charge in [0.25, 0.3) is 5.56 Å². The molecule has 0 aliphatic rings. The van der Waals surface area contributed by atoms with Gasteiger partial charge in [-0.1, -0.05) is 74.5 Å². The molecule has 0 saturated carbocycles. The van der Waals surface area contributed by atoms with Crippen LogP contribution < -0.4 is 11.3 Å². The van der Waals surface area contributed by atoms with Crippen molar-refractivity contribution < 1.29 is 4.79 Å². The van der Waals surface area contributed by atoms with Gasteiger partial charge in [0.05, 0.1) is 11.3 Å². The van der Waals surface area contributed by atoms with Crippen LogP contribution in [0.1, 0.15) is 54.1 Å². The molecule has 0 aliphatic heterocycles. The molecule has 0 fully saturated rings. The minimum atomic E-state index is -0.765. The van der Waals surface area contributed by atoms with Crippen molar-refractivity contribution in [3.63, 3.8) is 0 Å². The molecule has 2 aromatic heterocycles. The van der Waals surface area contributed by atoms with Gasteiger partial charge in [-0.15, -0.1) is 11.3 Å². The number of nitrogens with zero attached hydrogens (tertiary/aromatic N) is 2. The molecule has 2 aromatic carbocycles. The number of hydrogen-bond donors (Lipinski definition) is 1. The fraction of sp³-hybridized carbons (Fsp3) is 0.240. The smallest absolute Gasteiger partial charge is 0.263 e. The highest BCUT2D eigenvalue weighted by Gasteiger charge is 2.29. The van der Waals surface area contributed by atoms with Crippen molar-refractivity contribution in [2.75, 3.05) is 0 Å². The van der Waals surface area contributed by atoms with E-state index in [1.54, 1.807) is 0 Å². The van der Waals surface area contributed by atoms with Crippen molar-refractivity contribution in [3.05, 3.63) is 98.9 Å². The molecule has 0 saturated heterocycles. The van der Waals surface area contributed by atoms with Crippen LogP contribution in [0.15, 0.2) is 71.5 Å². The Hall–Kier alpha value is -3.25. The number of carbonyl (C=O) groups excluding carboxylic acids is 1. The lowest BCUT2D eigenvalue weighted by Gasteiger charge is -2.25. The first-order valence-corrected chi connectivity index (χ1v) is 11.3. The highest BCUT2D eigenvalue weighted by Crippen LogP contribution is 2.34. The molecule has 0 bridgehead atoms. The Morgan fingerprint density at radius 1 is 1.03 bits per heavy atom. The van der Waals surface area contributed by atoms with Crippen molar-refractivity contribution in [1.29, 1.82) is 0 Å². The third kappa shape index (κ3) is 3.91. The fourth-order valence-corrected chi connectivity index (χ4v) is 5.00. The van der Waals surface area contributed by atoms with Crippen LogP contribution in [0.5, 0.6) is 0 Å². The minimum absolute atomic E-state index is 0.210. The molecule has 0 spiro atoms. The highest BCUT2D eigenvalue weighted by atomic mass is 32.1. The quantitative estimate of drug-likeness (QED) is 0.463. The molecule has 1 amide bonds.